The molecule has 0 aromatic rings. The molecule has 0 aromatic heterocycles. The quantitative estimate of drug-likeness (QED) is 0.193. The highest BCUT2D eigenvalue weighted by molar-refractivity contribution is 8.10. The minimum absolute atomic E-state index is 0.641. The maximum Gasteiger partial charge on any atom is 0.139 e. The number of hydrogen-bond acceptors (Lipinski definition) is 10. The summed E-state index contributed by atoms with van der Waals surface area (Å²) in [6.45, 7) is 28.8. The maximum atomic E-state index is 5.48. The molecule has 0 radical (unpaired) electrons. The Bertz CT molecular complexity index is 1080. The van der Waals surface area contributed by atoms with Crippen LogP contribution in [-0.2, 0) is 9.47 Å². The van der Waals surface area contributed by atoms with E-state index >= 15 is 0 Å². The predicted octanol–water partition coefficient (Wildman–Crippen LogP) is 8.81. The van der Waals surface area contributed by atoms with Gasteiger partial charge in [0, 0.05) is 100.0 Å². The van der Waals surface area contributed by atoms with Crippen LogP contribution in [0.1, 0.15) is 69.2 Å². The van der Waals surface area contributed by atoms with Crippen LogP contribution in [0.5, 0.6) is 0 Å². The Hall–Kier alpha value is -0.940. The summed E-state index contributed by atoms with van der Waals surface area (Å²) in [5, 5.41) is 13.5. The number of allylic oxidation sites excluding steroid dienone is 9. The first kappa shape index (κ1) is 38.8. The molecule has 10 aliphatic rings. The molecule has 10 unspecified atom stereocenters. The highest BCUT2D eigenvalue weighted by Gasteiger charge is 2.39. The molecule has 50 heavy (non-hydrogen) atoms. The minimum Gasteiger partial charge on any atom is -0.494 e. The highest BCUT2D eigenvalue weighted by atomic mass is 32.2. The molecule has 0 bridgehead atoms. The van der Waals surface area contributed by atoms with Crippen LogP contribution >= 0.6 is 47.0 Å². The van der Waals surface area contributed by atoms with Crippen molar-refractivity contribution in [3.05, 3.63) is 53.8 Å². The smallest absolute Gasteiger partial charge is 0.139 e. The van der Waals surface area contributed by atoms with Crippen LogP contribution < -0.4 is 21.3 Å². The van der Waals surface area contributed by atoms with Crippen molar-refractivity contribution >= 4 is 47.0 Å². The van der Waals surface area contributed by atoms with Gasteiger partial charge in [-0.1, -0.05) is 69.2 Å². The zero-order valence-corrected chi connectivity index (χ0v) is 35.6. The fraction of sp³-hybridized carbons (Fsp3) is 0.750. The molecular weight excluding hydrogens is 697 g/mol. The maximum absolute atomic E-state index is 5.48. The van der Waals surface area contributed by atoms with Gasteiger partial charge in [-0.2, -0.15) is 0 Å². The third kappa shape index (κ3) is 7.67. The van der Waals surface area contributed by atoms with Gasteiger partial charge in [0.25, 0.3) is 0 Å². The summed E-state index contributed by atoms with van der Waals surface area (Å²) in [5.41, 5.74) is 5.89. The summed E-state index contributed by atoms with van der Waals surface area (Å²) in [6, 6.07) is 0. The number of rotatable bonds is 0. The molecule has 10 heteroatoms. The Balaban J connectivity index is 0.000000108. The van der Waals surface area contributed by atoms with E-state index in [1.165, 1.54) is 70.3 Å². The van der Waals surface area contributed by atoms with Crippen molar-refractivity contribution in [2.24, 2.45) is 59.2 Å². The SMILES string of the molecule is CC1C2=C(OCCN2)C1C.CC1C2=C(OCNC2)C1C.CC1C2=C(SCCN2)C1C.CC1C2=C(SCCN2)C1C.CC1C2=C(SCCS2)C1C. The molecule has 5 aliphatic carbocycles. The highest BCUT2D eigenvalue weighted by Crippen LogP contribution is 2.54. The summed E-state index contributed by atoms with van der Waals surface area (Å²) in [4.78, 5) is 6.64. The lowest BCUT2D eigenvalue weighted by Gasteiger charge is -2.40. The summed E-state index contributed by atoms with van der Waals surface area (Å²) in [7, 11) is 0. The Morgan fingerprint density at radius 3 is 1.40 bits per heavy atom. The second-order valence-corrected chi connectivity index (χ2v) is 20.1. The molecule has 0 fully saturated rings. The van der Waals surface area contributed by atoms with Gasteiger partial charge < -0.3 is 25.4 Å². The molecule has 5 aliphatic heterocycles. The number of hydrogen-bond donors (Lipinski definition) is 4. The van der Waals surface area contributed by atoms with Crippen molar-refractivity contribution in [3.8, 4) is 0 Å². The van der Waals surface area contributed by atoms with E-state index in [9.17, 15) is 0 Å². The van der Waals surface area contributed by atoms with Crippen molar-refractivity contribution in [2.45, 2.75) is 69.2 Å². The van der Waals surface area contributed by atoms with Crippen LogP contribution in [0, 0.1) is 59.2 Å². The minimum atomic E-state index is 0.641. The molecule has 0 spiro atoms. The topological polar surface area (TPSA) is 66.6 Å². The van der Waals surface area contributed by atoms with Gasteiger partial charge in [0.15, 0.2) is 0 Å². The van der Waals surface area contributed by atoms with Gasteiger partial charge in [0.05, 0.1) is 5.70 Å². The lowest BCUT2D eigenvalue weighted by Crippen LogP contribution is -2.41. The Morgan fingerprint density at radius 2 is 0.900 bits per heavy atom. The molecule has 0 aromatic carbocycles. The Kier molecular flexibility index (Phi) is 13.2. The second-order valence-electron chi connectivity index (χ2n) is 15.6. The molecule has 0 amide bonds. The molecule has 10 rings (SSSR count). The zero-order valence-electron chi connectivity index (χ0n) is 32.3. The van der Waals surface area contributed by atoms with Crippen LogP contribution in [0.2, 0.25) is 0 Å². The van der Waals surface area contributed by atoms with Gasteiger partial charge in [0.1, 0.15) is 24.9 Å². The van der Waals surface area contributed by atoms with Gasteiger partial charge in [-0.15, -0.1) is 47.0 Å². The lowest BCUT2D eigenvalue weighted by molar-refractivity contribution is 0.0937. The monoisotopic (exact) mass is 760 g/mol. The number of nitrogens with one attached hydrogen (secondary N) is 4. The number of ether oxygens (including phenoxy) is 2. The fourth-order valence-corrected chi connectivity index (χ4v) is 13.9. The van der Waals surface area contributed by atoms with Crippen molar-refractivity contribution in [3.63, 3.8) is 0 Å². The van der Waals surface area contributed by atoms with Crippen LogP contribution in [0.15, 0.2) is 53.8 Å². The molecule has 10 atom stereocenters. The van der Waals surface area contributed by atoms with E-state index in [4.69, 9.17) is 9.47 Å². The molecule has 4 N–H and O–H groups in total. The summed E-state index contributed by atoms with van der Waals surface area (Å²) >= 11 is 8.25. The predicted molar refractivity (Wildman–Crippen MR) is 221 cm³/mol. The van der Waals surface area contributed by atoms with Gasteiger partial charge in [-0.25, -0.2) is 0 Å². The van der Waals surface area contributed by atoms with Crippen molar-refractivity contribution in [2.75, 3.05) is 62.5 Å². The van der Waals surface area contributed by atoms with Gasteiger partial charge >= 0.3 is 0 Å². The molecule has 6 nitrogen and oxygen atoms in total. The van der Waals surface area contributed by atoms with Crippen LogP contribution in [-0.4, -0.2) is 62.5 Å². The fourth-order valence-electron chi connectivity index (χ4n) is 8.21. The van der Waals surface area contributed by atoms with Crippen LogP contribution in [0.3, 0.4) is 0 Å². The average Bonchev–Trinajstić information content (AvgIpc) is 3.20. The first-order valence-electron chi connectivity index (χ1n) is 19.4. The van der Waals surface area contributed by atoms with E-state index < -0.39 is 0 Å². The standard InChI is InChI=1S/2C8H13NO.2C8H13NS.C8H12S2/c1-5-6(2)8-7(5)3-9-4-10-8;4*1-5-6(2)8-7(5)9-3-4-10-8/h4*5-6,9H,3-4H2,1-2H3;5-6H,3-4H2,1-2H3. The first-order chi connectivity index (χ1) is 24.0. The van der Waals surface area contributed by atoms with Crippen molar-refractivity contribution < 1.29 is 9.47 Å². The molecule has 280 valence electrons. The molecule has 0 saturated carbocycles. The lowest BCUT2D eigenvalue weighted by atomic mass is 9.74. The largest absolute Gasteiger partial charge is 0.494 e. The van der Waals surface area contributed by atoms with E-state index in [-0.39, 0.29) is 0 Å². The molecule has 5 heterocycles. The third-order valence-electron chi connectivity index (χ3n) is 12.8. The first-order valence-corrected chi connectivity index (χ1v) is 23.3. The van der Waals surface area contributed by atoms with Crippen molar-refractivity contribution in [1.29, 1.82) is 0 Å². The van der Waals surface area contributed by atoms with Crippen LogP contribution in [0.25, 0.3) is 0 Å². The van der Waals surface area contributed by atoms with Gasteiger partial charge in [-0.3, -0.25) is 5.32 Å². The third-order valence-corrected chi connectivity index (χ3v) is 18.4. The van der Waals surface area contributed by atoms with Gasteiger partial charge in [-0.05, 0) is 45.0 Å². The normalized spacial score (nSPS) is 38.2. The van der Waals surface area contributed by atoms with E-state index in [0.717, 1.165) is 61.1 Å². The second kappa shape index (κ2) is 17.0. The van der Waals surface area contributed by atoms with Crippen LogP contribution in [0.4, 0.5) is 0 Å². The molecular formula is C40H64N4O2S4. The van der Waals surface area contributed by atoms with Gasteiger partial charge in [0.2, 0.25) is 0 Å². The Labute approximate surface area is 320 Å². The van der Waals surface area contributed by atoms with E-state index in [1.807, 2.05) is 23.5 Å². The zero-order chi connectivity index (χ0) is 35.7. The Morgan fingerprint density at radius 1 is 0.440 bits per heavy atom. The summed E-state index contributed by atoms with van der Waals surface area (Å²) in [5.74, 6) is 15.4. The number of thioether (sulfide) groups is 4. The molecule has 0 saturated heterocycles. The van der Waals surface area contributed by atoms with E-state index in [0.29, 0.717) is 24.5 Å². The summed E-state index contributed by atoms with van der Waals surface area (Å²) in [6.07, 6.45) is 0. The van der Waals surface area contributed by atoms with Crippen molar-refractivity contribution in [1.82, 2.24) is 21.3 Å². The summed E-state index contributed by atoms with van der Waals surface area (Å²) < 4.78 is 10.9. The van der Waals surface area contributed by atoms with E-state index in [1.54, 1.807) is 19.6 Å². The van der Waals surface area contributed by atoms with E-state index in [2.05, 4.69) is 114 Å². The average molecular weight is 761 g/mol.